The Balaban J connectivity index is 1.47. The van der Waals surface area contributed by atoms with Crippen LogP contribution < -0.4 is 19.9 Å². The molecule has 0 radical (unpaired) electrons. The number of rotatable bonds is 14. The molecule has 1 unspecified atom stereocenters. The van der Waals surface area contributed by atoms with Gasteiger partial charge in [-0.2, -0.15) is 0 Å². The fraction of sp³-hybridized carbons (Fsp3) is 0.452. The van der Waals surface area contributed by atoms with E-state index in [9.17, 15) is 14.4 Å². The molecule has 2 heterocycles. The van der Waals surface area contributed by atoms with E-state index in [0.29, 0.717) is 34.4 Å². The summed E-state index contributed by atoms with van der Waals surface area (Å²) in [5, 5.41) is 0.519. The Morgan fingerprint density at radius 2 is 1.57 bits per heavy atom. The quantitative estimate of drug-likeness (QED) is 0.0725. The molecule has 1 aliphatic heterocycles. The van der Waals surface area contributed by atoms with Gasteiger partial charge in [-0.1, -0.05) is 33.6 Å². The smallest absolute Gasteiger partial charge is 0.424 e. The monoisotopic (exact) mass is 549 g/mol. The fourth-order valence-corrected chi connectivity index (χ4v) is 5.11. The van der Waals surface area contributed by atoms with Crippen LogP contribution in [0.1, 0.15) is 74.7 Å². The number of fused-ring (bicyclic) bond motifs is 2. The number of Topliss-reactive ketones (excluding diaryl/α,β-unsaturated/α-hetero) is 1. The van der Waals surface area contributed by atoms with Crippen LogP contribution in [0.5, 0.6) is 17.4 Å². The van der Waals surface area contributed by atoms with Crippen molar-refractivity contribution in [2.75, 3.05) is 32.0 Å². The van der Waals surface area contributed by atoms with Crippen molar-refractivity contribution in [2.45, 2.75) is 58.8 Å². The van der Waals surface area contributed by atoms with Crippen molar-refractivity contribution in [1.82, 2.24) is 9.47 Å². The summed E-state index contributed by atoms with van der Waals surface area (Å²) in [4.78, 5) is 40.6. The molecule has 4 rings (SSSR count). The van der Waals surface area contributed by atoms with Gasteiger partial charge in [-0.25, -0.2) is 9.59 Å². The van der Waals surface area contributed by atoms with E-state index in [1.165, 1.54) is 31.7 Å². The zero-order valence-electron chi connectivity index (χ0n) is 23.8. The van der Waals surface area contributed by atoms with E-state index in [-0.39, 0.29) is 23.1 Å². The lowest BCUT2D eigenvalue weighted by molar-refractivity contribution is -0.156. The summed E-state index contributed by atoms with van der Waals surface area (Å²) in [7, 11) is 1.69. The molecule has 40 heavy (non-hydrogen) atoms. The van der Waals surface area contributed by atoms with E-state index in [4.69, 9.17) is 19.9 Å². The SMILES string of the molecule is CCCCN(CCCC)CCCOc1ccc(C(=O)C(C)c2c3n(C)c4ccc(c(N)c24)OC(=O)C(=O)O3)cc1. The molecule has 9 nitrogen and oxygen atoms in total. The van der Waals surface area contributed by atoms with Gasteiger partial charge >= 0.3 is 11.9 Å². The van der Waals surface area contributed by atoms with Crippen molar-refractivity contribution in [2.24, 2.45) is 7.05 Å². The van der Waals surface area contributed by atoms with Crippen LogP contribution in [-0.4, -0.2) is 53.4 Å². The topological polar surface area (TPSA) is 113 Å². The molecule has 1 aromatic heterocycles. The van der Waals surface area contributed by atoms with Gasteiger partial charge in [0.05, 0.1) is 23.7 Å². The first-order valence-corrected chi connectivity index (χ1v) is 14.1. The number of anilines is 1. The Kier molecular flexibility index (Phi) is 9.47. The van der Waals surface area contributed by atoms with Gasteiger partial charge in [-0.3, -0.25) is 4.79 Å². The molecule has 0 saturated carbocycles. The number of hydrogen-bond donors (Lipinski definition) is 1. The van der Waals surface area contributed by atoms with Crippen LogP contribution in [0.4, 0.5) is 5.69 Å². The zero-order valence-corrected chi connectivity index (χ0v) is 23.8. The van der Waals surface area contributed by atoms with E-state index < -0.39 is 17.9 Å². The van der Waals surface area contributed by atoms with Gasteiger partial charge in [-0.05, 0) is 68.8 Å². The number of aromatic nitrogens is 1. The van der Waals surface area contributed by atoms with Crippen molar-refractivity contribution in [1.29, 1.82) is 0 Å². The lowest BCUT2D eigenvalue weighted by atomic mass is 9.91. The fourth-order valence-electron chi connectivity index (χ4n) is 5.11. The van der Waals surface area contributed by atoms with E-state index in [0.717, 1.165) is 26.1 Å². The molecular weight excluding hydrogens is 510 g/mol. The second kappa shape index (κ2) is 13.0. The number of carbonyl (C=O) groups excluding carboxylic acids is 3. The van der Waals surface area contributed by atoms with Gasteiger partial charge in [-0.15, -0.1) is 0 Å². The van der Waals surface area contributed by atoms with Crippen molar-refractivity contribution in [3.8, 4) is 17.4 Å². The van der Waals surface area contributed by atoms with Gasteiger partial charge in [0.25, 0.3) is 0 Å². The van der Waals surface area contributed by atoms with Crippen molar-refractivity contribution in [3.05, 3.63) is 47.5 Å². The number of benzene rings is 2. The minimum absolute atomic E-state index is 0.0507. The molecule has 214 valence electrons. The first kappa shape index (κ1) is 29.1. The highest BCUT2D eigenvalue weighted by Crippen LogP contribution is 2.44. The van der Waals surface area contributed by atoms with Crippen LogP contribution in [0, 0.1) is 0 Å². The molecule has 2 aromatic carbocycles. The van der Waals surface area contributed by atoms with Crippen LogP contribution in [-0.2, 0) is 16.6 Å². The maximum atomic E-state index is 13.6. The third kappa shape index (κ3) is 6.14. The molecule has 2 N–H and O–H groups in total. The maximum absolute atomic E-state index is 13.6. The minimum Gasteiger partial charge on any atom is -0.494 e. The summed E-state index contributed by atoms with van der Waals surface area (Å²) in [6.45, 7) is 10.0. The van der Waals surface area contributed by atoms with E-state index in [2.05, 4.69) is 18.7 Å². The van der Waals surface area contributed by atoms with Crippen LogP contribution in [0.15, 0.2) is 36.4 Å². The zero-order chi connectivity index (χ0) is 28.8. The number of hydrogen-bond acceptors (Lipinski definition) is 8. The number of nitrogens with zero attached hydrogens (tertiary/aromatic N) is 2. The van der Waals surface area contributed by atoms with Gasteiger partial charge in [0.1, 0.15) is 5.75 Å². The Bertz CT molecular complexity index is 1370. The molecule has 3 aromatic rings. The van der Waals surface area contributed by atoms with Crippen molar-refractivity contribution in [3.63, 3.8) is 0 Å². The van der Waals surface area contributed by atoms with Gasteiger partial charge in [0.15, 0.2) is 11.5 Å². The number of nitrogens with two attached hydrogens (primary N) is 1. The highest BCUT2D eigenvalue weighted by Gasteiger charge is 2.34. The Labute approximate surface area is 235 Å². The molecule has 0 amide bonds. The summed E-state index contributed by atoms with van der Waals surface area (Å²) in [6.07, 6.45) is 5.74. The third-order valence-corrected chi connectivity index (χ3v) is 7.42. The second-order valence-electron chi connectivity index (χ2n) is 10.3. The van der Waals surface area contributed by atoms with E-state index in [1.54, 1.807) is 48.9 Å². The average molecular weight is 550 g/mol. The summed E-state index contributed by atoms with van der Waals surface area (Å²) in [5.74, 6) is -2.42. The summed E-state index contributed by atoms with van der Waals surface area (Å²) >= 11 is 0. The Hall–Kier alpha value is -3.85. The summed E-state index contributed by atoms with van der Waals surface area (Å²) < 4.78 is 18.1. The van der Waals surface area contributed by atoms with E-state index >= 15 is 0 Å². The number of nitrogen functional groups attached to an aromatic ring is 1. The maximum Gasteiger partial charge on any atom is 0.424 e. The number of ketones is 1. The molecular formula is C31H39N3O6. The van der Waals surface area contributed by atoms with Crippen LogP contribution >= 0.6 is 0 Å². The molecule has 1 aliphatic rings. The largest absolute Gasteiger partial charge is 0.494 e. The lowest BCUT2D eigenvalue weighted by Gasteiger charge is -2.21. The molecule has 0 spiro atoms. The van der Waals surface area contributed by atoms with Crippen LogP contribution in [0.25, 0.3) is 10.9 Å². The third-order valence-electron chi connectivity index (χ3n) is 7.42. The number of ether oxygens (including phenoxy) is 3. The number of esters is 2. The van der Waals surface area contributed by atoms with Gasteiger partial charge in [0, 0.05) is 30.1 Å². The lowest BCUT2D eigenvalue weighted by Crippen LogP contribution is -2.28. The molecule has 1 atom stereocenters. The first-order chi connectivity index (χ1) is 19.3. The molecule has 0 fully saturated rings. The van der Waals surface area contributed by atoms with Crippen molar-refractivity contribution < 1.29 is 28.6 Å². The average Bonchev–Trinajstić information content (AvgIpc) is 3.24. The number of unbranched alkanes of at least 4 members (excludes halogenated alkanes) is 2. The standard InChI is InChI=1S/C31H39N3O6/c1-5-7-16-34(17-8-6-2)18-9-19-38-22-12-10-21(11-13-22)28(35)20(3)25-26-23-14-15-24(27(26)32)39-30(36)31(37)40-29(25)33(23)4/h10-15,20H,5-9,16-19,32H2,1-4H3. The van der Waals surface area contributed by atoms with Crippen LogP contribution in [0.2, 0.25) is 0 Å². The predicted molar refractivity (Wildman–Crippen MR) is 154 cm³/mol. The van der Waals surface area contributed by atoms with Gasteiger partial charge in [0.2, 0.25) is 5.88 Å². The second-order valence-corrected chi connectivity index (χ2v) is 10.3. The highest BCUT2D eigenvalue weighted by atomic mass is 16.6. The summed E-state index contributed by atoms with van der Waals surface area (Å²) in [6, 6.07) is 10.3. The molecule has 0 aliphatic carbocycles. The van der Waals surface area contributed by atoms with Crippen LogP contribution in [0.3, 0.4) is 0 Å². The Morgan fingerprint density at radius 3 is 2.23 bits per heavy atom. The number of aryl methyl sites for hydroxylation is 1. The molecule has 9 heteroatoms. The first-order valence-electron chi connectivity index (χ1n) is 14.1. The summed E-state index contributed by atoms with van der Waals surface area (Å²) in [5.41, 5.74) is 8.10. The Morgan fingerprint density at radius 1 is 0.950 bits per heavy atom. The molecule has 0 saturated heterocycles. The highest BCUT2D eigenvalue weighted by molar-refractivity contribution is 6.31. The molecule has 3 bridgehead atoms. The van der Waals surface area contributed by atoms with Gasteiger partial charge < -0.3 is 29.4 Å². The minimum atomic E-state index is -1.18. The van der Waals surface area contributed by atoms with E-state index in [1.807, 2.05) is 0 Å². The normalized spacial score (nSPS) is 13.7. The van der Waals surface area contributed by atoms with Crippen molar-refractivity contribution >= 4 is 34.3 Å². The number of carbonyl (C=O) groups is 3. The predicted octanol–water partition coefficient (Wildman–Crippen LogP) is 5.24.